The minimum absolute atomic E-state index is 0. The van der Waals surface area contributed by atoms with Gasteiger partial charge in [0.1, 0.15) is 0 Å². The van der Waals surface area contributed by atoms with Crippen molar-refractivity contribution < 1.29 is 25.8 Å². The number of ether oxygens (including phenoxy) is 1. The summed E-state index contributed by atoms with van der Waals surface area (Å²) in [6.45, 7) is 7.09. The minimum Gasteiger partial charge on any atom is -0.375 e. The van der Waals surface area contributed by atoms with Crippen molar-refractivity contribution in [3.8, 4) is 0 Å². The molecule has 1 aliphatic rings. The summed E-state index contributed by atoms with van der Waals surface area (Å²) in [5.41, 5.74) is 0. The van der Waals surface area contributed by atoms with Crippen molar-refractivity contribution in [2.75, 3.05) is 6.61 Å². The van der Waals surface area contributed by atoms with Gasteiger partial charge < -0.3 is 4.74 Å². The first-order valence-corrected chi connectivity index (χ1v) is 6.23. The van der Waals surface area contributed by atoms with Crippen LogP contribution < -0.4 is 0 Å². The fourth-order valence-corrected chi connectivity index (χ4v) is 2.70. The molecule has 0 saturated carbocycles. The normalized spacial score (nSPS) is 31.7. The molecule has 68 valence electrons. The van der Waals surface area contributed by atoms with Crippen molar-refractivity contribution in [3.63, 3.8) is 0 Å². The molecule has 1 saturated heterocycles. The van der Waals surface area contributed by atoms with E-state index in [1.165, 1.54) is 19.3 Å². The van der Waals surface area contributed by atoms with Crippen LogP contribution in [0.15, 0.2) is 12.7 Å². The van der Waals surface area contributed by atoms with E-state index in [0.717, 1.165) is 6.61 Å². The second-order valence-corrected chi connectivity index (χ2v) is 4.83. The Hall–Kier alpha value is 0.605. The second-order valence-electron chi connectivity index (χ2n) is 2.93. The molecule has 0 radical (unpaired) electrons. The van der Waals surface area contributed by atoms with E-state index in [1.54, 1.807) is 0 Å². The molecule has 0 N–H and O–H groups in total. The molecule has 1 heterocycles. The predicted molar refractivity (Wildman–Crippen MR) is 47.1 cm³/mol. The summed E-state index contributed by atoms with van der Waals surface area (Å²) in [6, 6.07) is 0. The van der Waals surface area contributed by atoms with Crippen LogP contribution in [0.1, 0.15) is 19.3 Å². The molecule has 1 rings (SSSR count). The summed E-state index contributed by atoms with van der Waals surface area (Å²) in [5, 5.41) is 0.165. The van der Waals surface area contributed by atoms with Gasteiger partial charge in [0.2, 0.25) is 0 Å². The Labute approximate surface area is 85.7 Å². The molecule has 3 heteroatoms. The third-order valence-electron chi connectivity index (χ3n) is 2.35. The molecule has 1 fully saturated rings. The Kier molecular flexibility index (Phi) is 5.58. The number of rotatable bonds is 2. The van der Waals surface area contributed by atoms with Crippen molar-refractivity contribution in [2.45, 2.75) is 31.0 Å². The third kappa shape index (κ3) is 2.85. The van der Waals surface area contributed by atoms with Crippen molar-refractivity contribution in [1.82, 2.24) is 0 Å². The molecule has 0 aromatic heterocycles. The van der Waals surface area contributed by atoms with Gasteiger partial charge in [-0.1, -0.05) is 12.6 Å². The second kappa shape index (κ2) is 5.29. The molecule has 0 aromatic carbocycles. The van der Waals surface area contributed by atoms with Gasteiger partial charge in [-0.2, -0.15) is 0 Å². The largest absolute Gasteiger partial charge is 0.375 e. The van der Waals surface area contributed by atoms with Crippen molar-refractivity contribution >= 4 is 9.52 Å². The van der Waals surface area contributed by atoms with Crippen LogP contribution in [0.5, 0.6) is 0 Å². The fraction of sp³-hybridized carbons (Fsp3) is 0.750. The monoisotopic (exact) mass is 351 g/mol. The maximum absolute atomic E-state index is 5.71. The predicted octanol–water partition coefficient (Wildman–Crippen LogP) is 1.28. The first-order valence-electron chi connectivity index (χ1n) is 4.10. The maximum Gasteiger partial charge on any atom is 0.0685 e. The average Bonchev–Trinajstić information content (AvgIpc) is 2.06. The molecule has 1 unspecified atom stereocenters. The third-order valence-corrected chi connectivity index (χ3v) is 4.40. The Morgan fingerprint density at radius 2 is 2.27 bits per heavy atom. The molecule has 1 aliphatic heterocycles. The molecule has 0 aromatic rings. The van der Waals surface area contributed by atoms with E-state index in [-0.39, 0.29) is 35.8 Å². The topological polar surface area (TPSA) is 9.23 Å². The van der Waals surface area contributed by atoms with Gasteiger partial charge in [-0.05, 0) is 19.3 Å². The van der Waals surface area contributed by atoms with Crippen molar-refractivity contribution in [3.05, 3.63) is 12.7 Å². The zero-order valence-electron chi connectivity index (χ0n) is 7.04. The zero-order chi connectivity index (χ0) is 7.45. The Morgan fingerprint density at radius 3 is 2.55 bits per heavy atom. The summed E-state index contributed by atoms with van der Waals surface area (Å²) >= 11 is 0. The van der Waals surface area contributed by atoms with E-state index in [4.69, 9.17) is 4.74 Å². The van der Waals surface area contributed by atoms with E-state index in [9.17, 15) is 0 Å². The van der Waals surface area contributed by atoms with Crippen LogP contribution in [0.25, 0.3) is 0 Å². The standard InChI is InChI=1S/C8H16OSi.Pt/c1-3-8(10-2)6-4-5-7-9-8;/h3H,1,4-7,10H2,2H3;. The van der Waals surface area contributed by atoms with Gasteiger partial charge in [-0.3, -0.25) is 0 Å². The smallest absolute Gasteiger partial charge is 0.0685 e. The molecule has 11 heavy (non-hydrogen) atoms. The first kappa shape index (κ1) is 11.6. The van der Waals surface area contributed by atoms with E-state index in [2.05, 4.69) is 13.1 Å². The van der Waals surface area contributed by atoms with Gasteiger partial charge in [0.25, 0.3) is 0 Å². The SMILES string of the molecule is C=CC1([SiH2]C)CCCCO1.[Pt]. The summed E-state index contributed by atoms with van der Waals surface area (Å²) < 4.78 is 5.71. The molecule has 0 aliphatic carbocycles. The van der Waals surface area contributed by atoms with Crippen LogP contribution >= 0.6 is 0 Å². The molecule has 0 amide bonds. The summed E-state index contributed by atoms with van der Waals surface area (Å²) in [7, 11) is -0.0789. The Bertz CT molecular complexity index is 121. The molecule has 1 nitrogen and oxygen atoms in total. The van der Waals surface area contributed by atoms with E-state index >= 15 is 0 Å². The van der Waals surface area contributed by atoms with E-state index < -0.39 is 0 Å². The molecule has 0 bridgehead atoms. The van der Waals surface area contributed by atoms with Crippen molar-refractivity contribution in [2.24, 2.45) is 0 Å². The quantitative estimate of drug-likeness (QED) is 0.538. The van der Waals surface area contributed by atoms with Crippen LogP contribution in [0.3, 0.4) is 0 Å². The minimum atomic E-state index is -0.0789. The summed E-state index contributed by atoms with van der Waals surface area (Å²) in [4.78, 5) is 0. The first-order chi connectivity index (χ1) is 4.83. The van der Waals surface area contributed by atoms with Crippen LogP contribution in [-0.4, -0.2) is 21.4 Å². The van der Waals surface area contributed by atoms with Crippen LogP contribution in [0.2, 0.25) is 6.55 Å². The molecule has 1 atom stereocenters. The van der Waals surface area contributed by atoms with E-state index in [0.29, 0.717) is 0 Å². The Balaban J connectivity index is 0.000001000. The fourth-order valence-electron chi connectivity index (χ4n) is 1.46. The molecular formula is C8H16OPtSi. The van der Waals surface area contributed by atoms with Gasteiger partial charge >= 0.3 is 0 Å². The van der Waals surface area contributed by atoms with Gasteiger partial charge in [0.05, 0.1) is 14.7 Å². The zero-order valence-corrected chi connectivity index (χ0v) is 10.7. The maximum atomic E-state index is 5.71. The van der Waals surface area contributed by atoms with Crippen LogP contribution in [-0.2, 0) is 25.8 Å². The molecule has 0 spiro atoms. The van der Waals surface area contributed by atoms with Crippen LogP contribution in [0.4, 0.5) is 0 Å². The number of hydrogen-bond acceptors (Lipinski definition) is 1. The van der Waals surface area contributed by atoms with Crippen LogP contribution in [0, 0.1) is 0 Å². The average molecular weight is 351 g/mol. The number of hydrogen-bond donors (Lipinski definition) is 0. The van der Waals surface area contributed by atoms with Gasteiger partial charge in [0.15, 0.2) is 0 Å². The summed E-state index contributed by atoms with van der Waals surface area (Å²) in [5.74, 6) is 0. The Morgan fingerprint density at radius 1 is 1.55 bits per heavy atom. The van der Waals surface area contributed by atoms with Gasteiger partial charge in [0, 0.05) is 27.7 Å². The van der Waals surface area contributed by atoms with E-state index in [1.807, 2.05) is 6.08 Å². The summed E-state index contributed by atoms with van der Waals surface area (Å²) in [6.07, 6.45) is 5.81. The van der Waals surface area contributed by atoms with Crippen molar-refractivity contribution in [1.29, 1.82) is 0 Å². The van der Waals surface area contributed by atoms with Gasteiger partial charge in [-0.15, -0.1) is 6.58 Å². The molecular weight excluding hydrogens is 335 g/mol. The van der Waals surface area contributed by atoms with Gasteiger partial charge in [-0.25, -0.2) is 0 Å².